The lowest BCUT2D eigenvalue weighted by molar-refractivity contribution is 0.102. The predicted octanol–water partition coefficient (Wildman–Crippen LogP) is 4.87. The van der Waals surface area contributed by atoms with Gasteiger partial charge in [0.05, 0.1) is 5.70 Å². The number of ketones is 1. The third-order valence-electron chi connectivity index (χ3n) is 5.18. The fourth-order valence-electron chi connectivity index (χ4n) is 3.94. The minimum atomic E-state index is 0.148. The van der Waals surface area contributed by atoms with E-state index < -0.39 is 0 Å². The largest absolute Gasteiger partial charge is 0.379 e. The molecule has 0 unspecified atom stereocenters. The summed E-state index contributed by atoms with van der Waals surface area (Å²) >= 11 is 0. The molecule has 0 spiro atoms. The molecule has 0 saturated heterocycles. The summed E-state index contributed by atoms with van der Waals surface area (Å²) in [5.41, 5.74) is 6.09. The Balaban J connectivity index is 1.82. The van der Waals surface area contributed by atoms with Crippen molar-refractivity contribution in [3.63, 3.8) is 0 Å². The van der Waals surface area contributed by atoms with Crippen molar-refractivity contribution >= 4 is 11.4 Å². The third-order valence-corrected chi connectivity index (χ3v) is 5.18. The molecule has 0 aromatic heterocycles. The number of hydrogen-bond acceptors (Lipinski definition) is 2. The maximum atomic E-state index is 13.0. The maximum Gasteiger partial charge on any atom is 0.210 e. The normalized spacial score (nSPS) is 18.0. The summed E-state index contributed by atoms with van der Waals surface area (Å²) in [4.78, 5) is 13.0. The molecule has 2 aromatic carbocycles. The first-order valence-electron chi connectivity index (χ1n) is 8.96. The smallest absolute Gasteiger partial charge is 0.210 e. The van der Waals surface area contributed by atoms with Gasteiger partial charge in [-0.05, 0) is 30.9 Å². The van der Waals surface area contributed by atoms with Gasteiger partial charge in [-0.25, -0.2) is 0 Å². The Bertz CT molecular complexity index is 798. The lowest BCUT2D eigenvalue weighted by atomic mass is 9.94. The highest BCUT2D eigenvalue weighted by Crippen LogP contribution is 2.37. The summed E-state index contributed by atoms with van der Waals surface area (Å²) in [5.74, 6) is 0.148. The second-order valence-electron chi connectivity index (χ2n) is 6.97. The zero-order valence-corrected chi connectivity index (χ0v) is 14.1. The van der Waals surface area contributed by atoms with E-state index in [0.29, 0.717) is 6.04 Å². The topological polar surface area (TPSA) is 29.1 Å². The van der Waals surface area contributed by atoms with Crippen molar-refractivity contribution in [1.82, 2.24) is 5.32 Å². The first-order chi connectivity index (χ1) is 11.7. The fraction of sp³-hybridized carbons (Fsp3) is 0.318. The SMILES string of the molecule is Cc1ccc2c(c1)C(c1ccccc1)=C(NC1CCCCC1)C2=O. The van der Waals surface area contributed by atoms with E-state index in [-0.39, 0.29) is 5.78 Å². The average molecular weight is 317 g/mol. The van der Waals surface area contributed by atoms with Crippen LogP contribution in [0.15, 0.2) is 54.2 Å². The van der Waals surface area contributed by atoms with Crippen molar-refractivity contribution in [2.24, 2.45) is 0 Å². The quantitative estimate of drug-likeness (QED) is 0.874. The molecule has 2 heteroatoms. The Morgan fingerprint density at radius 2 is 1.67 bits per heavy atom. The van der Waals surface area contributed by atoms with Crippen LogP contribution in [0.5, 0.6) is 0 Å². The molecule has 0 atom stereocenters. The number of benzene rings is 2. The van der Waals surface area contributed by atoms with Crippen molar-refractivity contribution in [3.8, 4) is 0 Å². The van der Waals surface area contributed by atoms with E-state index >= 15 is 0 Å². The van der Waals surface area contributed by atoms with Crippen molar-refractivity contribution in [1.29, 1.82) is 0 Å². The Morgan fingerprint density at radius 1 is 0.917 bits per heavy atom. The van der Waals surface area contributed by atoms with Crippen LogP contribution < -0.4 is 5.32 Å². The van der Waals surface area contributed by atoms with Gasteiger partial charge in [0.2, 0.25) is 5.78 Å². The number of aryl methyl sites for hydroxylation is 1. The molecular weight excluding hydrogens is 294 g/mol. The molecular formula is C22H23NO. The Hall–Kier alpha value is -2.35. The molecule has 0 bridgehead atoms. The second-order valence-corrected chi connectivity index (χ2v) is 6.97. The highest BCUT2D eigenvalue weighted by atomic mass is 16.1. The summed E-state index contributed by atoms with van der Waals surface area (Å²) < 4.78 is 0. The molecule has 2 aliphatic rings. The fourth-order valence-corrected chi connectivity index (χ4v) is 3.94. The predicted molar refractivity (Wildman–Crippen MR) is 98.0 cm³/mol. The van der Waals surface area contributed by atoms with Crippen LogP contribution in [-0.2, 0) is 0 Å². The third kappa shape index (κ3) is 2.66. The standard InChI is InChI=1S/C22H23NO/c1-15-12-13-18-19(14-15)20(16-8-4-2-5-9-16)21(22(18)24)23-17-10-6-3-7-11-17/h2,4-5,8-9,12-14,17H,3,6-7,10-11H2,1H3,(H,23,24). The molecule has 0 amide bonds. The summed E-state index contributed by atoms with van der Waals surface area (Å²) in [6.07, 6.45) is 6.15. The Labute approximate surface area is 143 Å². The number of hydrogen-bond donors (Lipinski definition) is 1. The maximum absolute atomic E-state index is 13.0. The van der Waals surface area contributed by atoms with E-state index in [1.165, 1.54) is 24.8 Å². The average Bonchev–Trinajstić information content (AvgIpc) is 2.88. The van der Waals surface area contributed by atoms with Gasteiger partial charge in [-0.3, -0.25) is 4.79 Å². The minimum Gasteiger partial charge on any atom is -0.379 e. The van der Waals surface area contributed by atoms with Crippen LogP contribution in [0.3, 0.4) is 0 Å². The number of fused-ring (bicyclic) bond motifs is 1. The summed E-state index contributed by atoms with van der Waals surface area (Å²) in [5, 5.41) is 3.61. The zero-order valence-electron chi connectivity index (χ0n) is 14.1. The van der Waals surface area contributed by atoms with Gasteiger partial charge in [-0.15, -0.1) is 0 Å². The van der Waals surface area contributed by atoms with E-state index in [1.54, 1.807) is 0 Å². The van der Waals surface area contributed by atoms with Crippen LogP contribution in [0.4, 0.5) is 0 Å². The lowest BCUT2D eigenvalue weighted by Gasteiger charge is -2.24. The first kappa shape index (κ1) is 15.2. The molecule has 1 fully saturated rings. The summed E-state index contributed by atoms with van der Waals surface area (Å²) in [6, 6.07) is 16.9. The van der Waals surface area contributed by atoms with Crippen LogP contribution in [0.25, 0.3) is 5.57 Å². The zero-order chi connectivity index (χ0) is 16.5. The number of allylic oxidation sites excluding steroid dienone is 1. The molecule has 0 aliphatic heterocycles. The first-order valence-corrected chi connectivity index (χ1v) is 8.96. The van der Waals surface area contributed by atoms with Crippen LogP contribution in [0.1, 0.15) is 59.2 Å². The molecule has 0 heterocycles. The molecule has 2 nitrogen and oxygen atoms in total. The van der Waals surface area contributed by atoms with Crippen molar-refractivity contribution in [3.05, 3.63) is 76.5 Å². The van der Waals surface area contributed by atoms with Gasteiger partial charge in [0.25, 0.3) is 0 Å². The number of nitrogens with one attached hydrogen (secondary N) is 1. The lowest BCUT2D eigenvalue weighted by Crippen LogP contribution is -2.32. The summed E-state index contributed by atoms with van der Waals surface area (Å²) in [7, 11) is 0. The van der Waals surface area contributed by atoms with Crippen LogP contribution in [0.2, 0.25) is 0 Å². The monoisotopic (exact) mass is 317 g/mol. The van der Waals surface area contributed by atoms with Gasteiger partial charge in [-0.1, -0.05) is 73.4 Å². The van der Waals surface area contributed by atoms with Gasteiger partial charge < -0.3 is 5.32 Å². The van der Waals surface area contributed by atoms with Crippen molar-refractivity contribution in [2.75, 3.05) is 0 Å². The Morgan fingerprint density at radius 3 is 2.42 bits per heavy atom. The molecule has 24 heavy (non-hydrogen) atoms. The molecule has 1 N–H and O–H groups in total. The molecule has 4 rings (SSSR count). The van der Waals surface area contributed by atoms with E-state index in [9.17, 15) is 4.79 Å². The van der Waals surface area contributed by atoms with E-state index in [1.807, 2.05) is 30.3 Å². The highest BCUT2D eigenvalue weighted by Gasteiger charge is 2.32. The molecule has 2 aromatic rings. The van der Waals surface area contributed by atoms with E-state index in [4.69, 9.17) is 0 Å². The molecule has 2 aliphatic carbocycles. The van der Waals surface area contributed by atoms with Gasteiger partial charge in [0.1, 0.15) is 0 Å². The number of carbonyl (C=O) groups excluding carboxylic acids is 1. The van der Waals surface area contributed by atoms with Crippen LogP contribution in [-0.4, -0.2) is 11.8 Å². The van der Waals surface area contributed by atoms with E-state index in [2.05, 4.69) is 30.4 Å². The van der Waals surface area contributed by atoms with Gasteiger partial charge >= 0.3 is 0 Å². The molecule has 122 valence electrons. The number of Topliss-reactive ketones (excluding diaryl/α,β-unsaturated/α-hetero) is 1. The second kappa shape index (κ2) is 6.27. The van der Waals surface area contributed by atoms with Crippen molar-refractivity contribution < 1.29 is 4.79 Å². The van der Waals surface area contributed by atoms with E-state index in [0.717, 1.165) is 40.8 Å². The Kier molecular flexibility index (Phi) is 3.97. The number of carbonyl (C=O) groups is 1. The summed E-state index contributed by atoms with van der Waals surface area (Å²) in [6.45, 7) is 2.08. The van der Waals surface area contributed by atoms with Gasteiger partial charge in [0, 0.05) is 17.2 Å². The van der Waals surface area contributed by atoms with Gasteiger partial charge in [0.15, 0.2) is 0 Å². The highest BCUT2D eigenvalue weighted by molar-refractivity contribution is 6.22. The molecule has 0 radical (unpaired) electrons. The van der Waals surface area contributed by atoms with Gasteiger partial charge in [-0.2, -0.15) is 0 Å². The molecule has 1 saturated carbocycles. The van der Waals surface area contributed by atoms with Crippen molar-refractivity contribution in [2.45, 2.75) is 45.1 Å². The number of rotatable bonds is 3. The van der Waals surface area contributed by atoms with Crippen LogP contribution >= 0.6 is 0 Å². The van der Waals surface area contributed by atoms with Crippen LogP contribution in [0, 0.1) is 6.92 Å². The minimum absolute atomic E-state index is 0.148.